The van der Waals surface area contributed by atoms with Crippen molar-refractivity contribution in [2.75, 3.05) is 19.4 Å². The minimum atomic E-state index is -0.107. The Hall–Kier alpha value is -1.92. The van der Waals surface area contributed by atoms with Crippen LogP contribution in [0.4, 0.5) is 5.95 Å². The number of rotatable bonds is 6. The first kappa shape index (κ1) is 17.4. The monoisotopic (exact) mass is 350 g/mol. The summed E-state index contributed by atoms with van der Waals surface area (Å²) in [6.45, 7) is 4.01. The maximum atomic E-state index is 12.8. The van der Waals surface area contributed by atoms with Crippen LogP contribution in [0.1, 0.15) is 29.2 Å². The summed E-state index contributed by atoms with van der Waals surface area (Å²) in [4.78, 5) is 23.8. The van der Waals surface area contributed by atoms with Crippen molar-refractivity contribution in [1.29, 1.82) is 0 Å². The van der Waals surface area contributed by atoms with Crippen molar-refractivity contribution in [2.24, 2.45) is 0 Å². The molecule has 0 aliphatic heterocycles. The summed E-state index contributed by atoms with van der Waals surface area (Å²) in [6.07, 6.45) is 3.41. The first-order valence-electron chi connectivity index (χ1n) is 7.15. The van der Waals surface area contributed by atoms with Crippen molar-refractivity contribution in [2.45, 2.75) is 19.9 Å². The number of carbonyl (C=O) groups excluding carboxylic acids is 1. The fraction of sp³-hybridized carbons (Fsp3) is 0.312. The molecule has 2 heterocycles. The largest absolute Gasteiger partial charge is 0.383 e. The van der Waals surface area contributed by atoms with E-state index >= 15 is 0 Å². The molecule has 1 N–H and O–H groups in total. The van der Waals surface area contributed by atoms with Crippen LogP contribution in [-0.2, 0) is 0 Å². The van der Waals surface area contributed by atoms with E-state index in [1.165, 1.54) is 11.3 Å². The first-order chi connectivity index (χ1) is 10.9. The summed E-state index contributed by atoms with van der Waals surface area (Å²) in [5.74, 6) is 0.393. The summed E-state index contributed by atoms with van der Waals surface area (Å²) >= 11 is 7.20. The molecule has 0 saturated heterocycles. The fourth-order valence-corrected chi connectivity index (χ4v) is 2.90. The summed E-state index contributed by atoms with van der Waals surface area (Å²) in [7, 11) is 3.73. The highest BCUT2D eigenvalue weighted by atomic mass is 35.5. The van der Waals surface area contributed by atoms with Crippen LogP contribution in [0, 0.1) is 0 Å². The zero-order valence-corrected chi connectivity index (χ0v) is 15.1. The number of ketones is 1. The Balaban J connectivity index is 2.41. The second-order valence-electron chi connectivity index (χ2n) is 5.50. The summed E-state index contributed by atoms with van der Waals surface area (Å²) < 4.78 is 0.586. The molecule has 23 heavy (non-hydrogen) atoms. The van der Waals surface area contributed by atoms with Gasteiger partial charge in [0, 0.05) is 32.5 Å². The van der Waals surface area contributed by atoms with E-state index < -0.39 is 0 Å². The summed E-state index contributed by atoms with van der Waals surface area (Å²) in [6, 6.07) is 5.39. The number of hydrogen-bond donors (Lipinski definition) is 1. The van der Waals surface area contributed by atoms with Crippen molar-refractivity contribution >= 4 is 40.2 Å². The van der Waals surface area contributed by atoms with Crippen molar-refractivity contribution in [1.82, 2.24) is 14.9 Å². The number of hydrogen-bond acceptors (Lipinski definition) is 6. The van der Waals surface area contributed by atoms with E-state index in [4.69, 9.17) is 11.6 Å². The number of nitrogens with one attached hydrogen (secondary N) is 1. The Morgan fingerprint density at radius 2 is 2.09 bits per heavy atom. The lowest BCUT2D eigenvalue weighted by Gasteiger charge is -2.12. The molecule has 7 heteroatoms. The van der Waals surface area contributed by atoms with E-state index in [0.29, 0.717) is 26.4 Å². The molecule has 0 amide bonds. The molecule has 0 radical (unpaired) electrons. The Kier molecular flexibility index (Phi) is 5.74. The van der Waals surface area contributed by atoms with E-state index in [-0.39, 0.29) is 11.8 Å². The smallest absolute Gasteiger partial charge is 0.223 e. The Labute approximate surface area is 145 Å². The minimum Gasteiger partial charge on any atom is -0.383 e. The van der Waals surface area contributed by atoms with E-state index in [1.807, 2.05) is 32.8 Å². The van der Waals surface area contributed by atoms with Gasteiger partial charge in [-0.15, -0.1) is 11.3 Å². The molecule has 0 aromatic carbocycles. The van der Waals surface area contributed by atoms with Crippen molar-refractivity contribution in [3.05, 3.63) is 45.5 Å². The van der Waals surface area contributed by atoms with Gasteiger partial charge in [0.05, 0.1) is 20.5 Å². The van der Waals surface area contributed by atoms with Gasteiger partial charge in [0.25, 0.3) is 0 Å². The molecular formula is C16H19ClN4OS. The number of halogens is 1. The predicted molar refractivity (Wildman–Crippen MR) is 96.1 cm³/mol. The highest BCUT2D eigenvalue weighted by Gasteiger charge is 2.19. The third-order valence-corrected chi connectivity index (χ3v) is 4.01. The van der Waals surface area contributed by atoms with Gasteiger partial charge in [-0.05, 0) is 32.0 Å². The van der Waals surface area contributed by atoms with Crippen LogP contribution in [0.3, 0.4) is 0 Å². The molecule has 0 aliphatic carbocycles. The molecular weight excluding hydrogens is 332 g/mol. The second-order valence-corrected chi connectivity index (χ2v) is 7.22. The normalized spacial score (nSPS) is 11.7. The Bertz CT molecular complexity index is 724. The topological polar surface area (TPSA) is 58.1 Å². The third-order valence-electron chi connectivity index (χ3n) is 2.78. The van der Waals surface area contributed by atoms with Gasteiger partial charge in [-0.1, -0.05) is 11.6 Å². The molecule has 2 rings (SSSR count). The molecule has 0 fully saturated rings. The maximum absolute atomic E-state index is 12.8. The Morgan fingerprint density at radius 3 is 2.65 bits per heavy atom. The molecule has 0 spiro atoms. The lowest BCUT2D eigenvalue weighted by molar-refractivity contribution is 0.105. The molecule has 0 saturated carbocycles. The number of anilines is 1. The van der Waals surface area contributed by atoms with Crippen LogP contribution in [0.15, 0.2) is 30.6 Å². The van der Waals surface area contributed by atoms with E-state index in [2.05, 4.69) is 15.3 Å². The Morgan fingerprint density at radius 1 is 1.35 bits per heavy atom. The predicted octanol–water partition coefficient (Wildman–Crippen LogP) is 3.80. The lowest BCUT2D eigenvalue weighted by atomic mass is 10.1. The van der Waals surface area contributed by atoms with Crippen LogP contribution in [0.25, 0.3) is 5.57 Å². The van der Waals surface area contributed by atoms with Crippen LogP contribution < -0.4 is 5.32 Å². The van der Waals surface area contributed by atoms with E-state index in [1.54, 1.807) is 30.6 Å². The molecule has 122 valence electrons. The SMILES string of the molecule is CC(C)Nc1nccc(/C(=C\N(C)C)C(=O)c2ccc(Cl)s2)n1. The maximum Gasteiger partial charge on any atom is 0.223 e. The molecule has 0 bridgehead atoms. The number of carbonyl (C=O) groups is 1. The summed E-state index contributed by atoms with van der Waals surface area (Å²) in [5.41, 5.74) is 1.08. The van der Waals surface area contributed by atoms with Crippen LogP contribution in [-0.4, -0.2) is 40.8 Å². The quantitative estimate of drug-likeness (QED) is 0.634. The molecule has 2 aromatic rings. The zero-order valence-electron chi connectivity index (χ0n) is 13.5. The van der Waals surface area contributed by atoms with Crippen molar-refractivity contribution in [3.63, 3.8) is 0 Å². The molecule has 0 atom stereocenters. The molecule has 5 nitrogen and oxygen atoms in total. The molecule has 0 aliphatic rings. The van der Waals surface area contributed by atoms with Gasteiger partial charge in [0.2, 0.25) is 11.7 Å². The van der Waals surface area contributed by atoms with Gasteiger partial charge >= 0.3 is 0 Å². The second kappa shape index (κ2) is 7.57. The molecule has 0 unspecified atom stereocenters. The van der Waals surface area contributed by atoms with Gasteiger partial charge in [0.1, 0.15) is 0 Å². The highest BCUT2D eigenvalue weighted by Crippen LogP contribution is 2.27. The fourth-order valence-electron chi connectivity index (χ4n) is 1.90. The zero-order chi connectivity index (χ0) is 17.0. The van der Waals surface area contributed by atoms with Crippen LogP contribution in [0.2, 0.25) is 4.34 Å². The van der Waals surface area contributed by atoms with E-state index in [9.17, 15) is 4.79 Å². The number of thiophene rings is 1. The van der Waals surface area contributed by atoms with Crippen molar-refractivity contribution < 1.29 is 4.79 Å². The van der Waals surface area contributed by atoms with Crippen LogP contribution >= 0.6 is 22.9 Å². The number of allylic oxidation sites excluding steroid dienone is 1. The average Bonchev–Trinajstić information content (AvgIpc) is 2.90. The van der Waals surface area contributed by atoms with Gasteiger partial charge in [-0.2, -0.15) is 0 Å². The lowest BCUT2D eigenvalue weighted by Crippen LogP contribution is -2.14. The highest BCUT2D eigenvalue weighted by molar-refractivity contribution is 7.18. The van der Waals surface area contributed by atoms with Crippen molar-refractivity contribution in [3.8, 4) is 0 Å². The van der Waals surface area contributed by atoms with Gasteiger partial charge in [-0.25, -0.2) is 9.97 Å². The first-order valence-corrected chi connectivity index (χ1v) is 8.34. The van der Waals surface area contributed by atoms with Crippen LogP contribution in [0.5, 0.6) is 0 Å². The van der Waals surface area contributed by atoms with Gasteiger partial charge in [0.15, 0.2) is 0 Å². The van der Waals surface area contributed by atoms with E-state index in [0.717, 1.165) is 0 Å². The third kappa shape index (κ3) is 4.77. The van der Waals surface area contributed by atoms with Gasteiger partial charge in [-0.3, -0.25) is 4.79 Å². The standard InChI is InChI=1S/C16H19ClN4OS/c1-10(2)19-16-18-8-7-12(20-16)11(9-21(3)4)15(22)13-5-6-14(17)23-13/h5-10H,1-4H3,(H,18,19,20)/b11-9+. The number of nitrogens with zero attached hydrogens (tertiary/aromatic N) is 3. The minimum absolute atomic E-state index is 0.107. The summed E-state index contributed by atoms with van der Waals surface area (Å²) in [5, 5.41) is 3.14. The number of aromatic nitrogens is 2. The average molecular weight is 351 g/mol. The number of Topliss-reactive ketones (excluding diaryl/α,β-unsaturated/α-hetero) is 1. The van der Waals surface area contributed by atoms with Gasteiger partial charge < -0.3 is 10.2 Å². The molecule has 2 aromatic heterocycles.